The Bertz CT molecular complexity index is 639. The fourth-order valence-electron chi connectivity index (χ4n) is 2.03. The molecule has 1 aliphatic heterocycles. The molecule has 0 radical (unpaired) electrons. The van der Waals surface area contributed by atoms with Crippen molar-refractivity contribution in [2.24, 2.45) is 0 Å². The molecule has 18 heavy (non-hydrogen) atoms. The van der Waals surface area contributed by atoms with Gasteiger partial charge in [0.05, 0.1) is 0 Å². The number of anilines is 1. The van der Waals surface area contributed by atoms with Crippen molar-refractivity contribution in [1.82, 2.24) is 19.8 Å². The Balaban J connectivity index is 1.80. The van der Waals surface area contributed by atoms with Crippen LogP contribution in [0.1, 0.15) is 12.8 Å². The van der Waals surface area contributed by atoms with E-state index >= 15 is 0 Å². The number of aromatic nitrogens is 4. The number of nitrogens with one attached hydrogen (secondary N) is 2. The zero-order valence-corrected chi connectivity index (χ0v) is 10.4. The molecule has 1 fully saturated rings. The molecule has 0 atom stereocenters. The van der Waals surface area contributed by atoms with E-state index in [1.165, 1.54) is 4.52 Å². The second-order valence-electron chi connectivity index (χ2n) is 4.28. The number of nitrogens with zero attached hydrogens (tertiary/aromatic N) is 3. The maximum absolute atomic E-state index is 11.4. The number of rotatable bonds is 2. The van der Waals surface area contributed by atoms with Crippen molar-refractivity contribution in [3.63, 3.8) is 0 Å². The number of hydrogen-bond acceptors (Lipinski definition) is 5. The standard InChI is InChI=1S/C10H13N5O2S/c16-10-13-12-9-2-1-8(14-15(9)10)11-7-3-5-18(17)6-4-7/h1-2,7H,3-6H2,(H,11,14)(H,13,16). The van der Waals surface area contributed by atoms with E-state index in [0.717, 1.165) is 24.3 Å². The summed E-state index contributed by atoms with van der Waals surface area (Å²) in [6.45, 7) is 0. The molecule has 0 aromatic carbocycles. The Hall–Kier alpha value is -1.70. The van der Waals surface area contributed by atoms with Crippen LogP contribution in [-0.4, -0.2) is 41.6 Å². The SMILES string of the molecule is O=c1[nH]nc2ccc(NC3CCS(=O)CC3)nn12. The van der Waals surface area contributed by atoms with Gasteiger partial charge in [-0.25, -0.2) is 9.89 Å². The van der Waals surface area contributed by atoms with Gasteiger partial charge in [-0.2, -0.15) is 9.61 Å². The Morgan fingerprint density at radius 1 is 1.39 bits per heavy atom. The van der Waals surface area contributed by atoms with Crippen molar-refractivity contribution < 1.29 is 4.21 Å². The van der Waals surface area contributed by atoms with Gasteiger partial charge in [-0.15, -0.1) is 5.10 Å². The molecule has 96 valence electrons. The smallest absolute Gasteiger partial charge is 0.364 e. The molecule has 2 aromatic heterocycles. The first kappa shape index (κ1) is 11.4. The van der Waals surface area contributed by atoms with Gasteiger partial charge in [-0.3, -0.25) is 4.21 Å². The fraction of sp³-hybridized carbons (Fsp3) is 0.500. The molecule has 0 bridgehead atoms. The highest BCUT2D eigenvalue weighted by Crippen LogP contribution is 2.14. The Labute approximate surface area is 105 Å². The van der Waals surface area contributed by atoms with Crippen LogP contribution < -0.4 is 11.0 Å². The summed E-state index contributed by atoms with van der Waals surface area (Å²) in [4.78, 5) is 11.4. The maximum atomic E-state index is 11.4. The van der Waals surface area contributed by atoms with E-state index in [9.17, 15) is 9.00 Å². The molecular formula is C10H13N5O2S. The van der Waals surface area contributed by atoms with Gasteiger partial charge < -0.3 is 5.32 Å². The summed E-state index contributed by atoms with van der Waals surface area (Å²) in [6, 6.07) is 3.80. The molecule has 2 aromatic rings. The molecule has 2 N–H and O–H groups in total. The molecule has 3 heterocycles. The van der Waals surface area contributed by atoms with Gasteiger partial charge in [0.25, 0.3) is 0 Å². The number of aromatic amines is 1. The molecule has 0 amide bonds. The van der Waals surface area contributed by atoms with Crippen LogP contribution in [0.2, 0.25) is 0 Å². The third kappa shape index (κ3) is 2.15. The van der Waals surface area contributed by atoms with E-state index in [4.69, 9.17) is 0 Å². The van der Waals surface area contributed by atoms with Crippen molar-refractivity contribution >= 4 is 22.3 Å². The first-order valence-corrected chi connectivity index (χ1v) is 7.27. The summed E-state index contributed by atoms with van der Waals surface area (Å²) in [5.41, 5.74) is 0.147. The van der Waals surface area contributed by atoms with Crippen molar-refractivity contribution in [3.05, 3.63) is 22.6 Å². The van der Waals surface area contributed by atoms with Crippen molar-refractivity contribution in [1.29, 1.82) is 0 Å². The molecular weight excluding hydrogens is 254 g/mol. The zero-order valence-electron chi connectivity index (χ0n) is 9.63. The summed E-state index contributed by atoms with van der Waals surface area (Å²) in [5, 5.41) is 13.6. The summed E-state index contributed by atoms with van der Waals surface area (Å²) in [5.74, 6) is 2.10. The third-order valence-electron chi connectivity index (χ3n) is 3.01. The van der Waals surface area contributed by atoms with E-state index < -0.39 is 10.8 Å². The molecule has 0 spiro atoms. The zero-order chi connectivity index (χ0) is 12.5. The van der Waals surface area contributed by atoms with E-state index in [1.54, 1.807) is 12.1 Å². The number of H-pyrrole nitrogens is 1. The summed E-state index contributed by atoms with van der Waals surface area (Å²) in [7, 11) is -0.669. The summed E-state index contributed by atoms with van der Waals surface area (Å²) >= 11 is 0. The average molecular weight is 267 g/mol. The maximum Gasteiger partial charge on any atom is 0.364 e. The second-order valence-corrected chi connectivity index (χ2v) is 5.98. The lowest BCUT2D eigenvalue weighted by atomic mass is 10.1. The van der Waals surface area contributed by atoms with Crippen LogP contribution in [0.15, 0.2) is 16.9 Å². The van der Waals surface area contributed by atoms with Gasteiger partial charge in [0.1, 0.15) is 5.82 Å². The lowest BCUT2D eigenvalue weighted by Crippen LogP contribution is -2.30. The van der Waals surface area contributed by atoms with Gasteiger partial charge in [-0.05, 0) is 25.0 Å². The fourth-order valence-corrected chi connectivity index (χ4v) is 3.33. The van der Waals surface area contributed by atoms with Crippen molar-refractivity contribution in [2.75, 3.05) is 16.8 Å². The van der Waals surface area contributed by atoms with Crippen LogP contribution in [-0.2, 0) is 10.8 Å². The number of fused-ring (bicyclic) bond motifs is 1. The number of hydrogen-bond donors (Lipinski definition) is 2. The topological polar surface area (TPSA) is 92.1 Å². The normalized spacial score (nSPS) is 24.2. The highest BCUT2D eigenvalue weighted by atomic mass is 32.2. The first-order chi connectivity index (χ1) is 8.72. The van der Waals surface area contributed by atoms with Gasteiger partial charge in [0.15, 0.2) is 5.65 Å². The molecule has 0 aliphatic carbocycles. The summed E-state index contributed by atoms with van der Waals surface area (Å²) in [6.07, 6.45) is 1.74. The first-order valence-electron chi connectivity index (χ1n) is 5.78. The minimum Gasteiger partial charge on any atom is -0.366 e. The van der Waals surface area contributed by atoms with Gasteiger partial charge in [0.2, 0.25) is 0 Å². The van der Waals surface area contributed by atoms with Crippen LogP contribution in [0.5, 0.6) is 0 Å². The van der Waals surface area contributed by atoms with Crippen LogP contribution in [0.25, 0.3) is 5.65 Å². The lowest BCUT2D eigenvalue weighted by Gasteiger charge is -2.22. The van der Waals surface area contributed by atoms with Crippen molar-refractivity contribution in [3.8, 4) is 0 Å². The highest BCUT2D eigenvalue weighted by molar-refractivity contribution is 7.85. The predicted octanol–water partition coefficient (Wildman–Crippen LogP) is -0.259. The molecule has 3 rings (SSSR count). The van der Waals surface area contributed by atoms with Crippen LogP contribution in [0, 0.1) is 0 Å². The Morgan fingerprint density at radius 3 is 2.94 bits per heavy atom. The third-order valence-corrected chi connectivity index (χ3v) is 4.40. The summed E-state index contributed by atoms with van der Waals surface area (Å²) < 4.78 is 12.5. The largest absolute Gasteiger partial charge is 0.366 e. The van der Waals surface area contributed by atoms with Gasteiger partial charge in [-0.1, -0.05) is 0 Å². The van der Waals surface area contributed by atoms with Crippen molar-refractivity contribution in [2.45, 2.75) is 18.9 Å². The highest BCUT2D eigenvalue weighted by Gasteiger charge is 2.18. The van der Waals surface area contributed by atoms with E-state index in [1.807, 2.05) is 0 Å². The lowest BCUT2D eigenvalue weighted by molar-refractivity contribution is 0.621. The Kier molecular flexibility index (Phi) is 2.86. The molecule has 8 heteroatoms. The van der Waals surface area contributed by atoms with Crippen LogP contribution in [0.3, 0.4) is 0 Å². The van der Waals surface area contributed by atoms with Crippen LogP contribution >= 0.6 is 0 Å². The minimum atomic E-state index is -0.669. The van der Waals surface area contributed by atoms with E-state index in [0.29, 0.717) is 11.5 Å². The second kappa shape index (κ2) is 4.52. The van der Waals surface area contributed by atoms with E-state index in [-0.39, 0.29) is 11.7 Å². The Morgan fingerprint density at radius 2 is 2.17 bits per heavy atom. The molecule has 1 saturated heterocycles. The molecule has 0 unspecified atom stereocenters. The van der Waals surface area contributed by atoms with Gasteiger partial charge >= 0.3 is 5.69 Å². The quantitative estimate of drug-likeness (QED) is 0.782. The monoisotopic (exact) mass is 267 g/mol. The minimum absolute atomic E-state index is 0.273. The van der Waals surface area contributed by atoms with Crippen LogP contribution in [0.4, 0.5) is 5.82 Å². The average Bonchev–Trinajstić information content (AvgIpc) is 2.74. The molecule has 0 saturated carbocycles. The van der Waals surface area contributed by atoms with E-state index in [2.05, 4.69) is 20.6 Å². The molecule has 7 nitrogen and oxygen atoms in total. The van der Waals surface area contributed by atoms with Gasteiger partial charge in [0, 0.05) is 28.3 Å². The molecule has 1 aliphatic rings. The predicted molar refractivity (Wildman–Crippen MR) is 68.1 cm³/mol.